The van der Waals surface area contributed by atoms with Crippen LogP contribution in [0.5, 0.6) is 0 Å². The van der Waals surface area contributed by atoms with Crippen molar-refractivity contribution < 1.29 is 4.74 Å². The second-order valence-corrected chi connectivity index (χ2v) is 5.93. The predicted octanol–water partition coefficient (Wildman–Crippen LogP) is 2.90. The summed E-state index contributed by atoms with van der Waals surface area (Å²) in [6.45, 7) is 9.41. The fourth-order valence-electron chi connectivity index (χ4n) is 2.21. The van der Waals surface area contributed by atoms with E-state index in [2.05, 4.69) is 55.4 Å². The Morgan fingerprint density at radius 3 is 2.70 bits per heavy atom. The van der Waals surface area contributed by atoms with Crippen LogP contribution in [-0.4, -0.2) is 38.8 Å². The fourth-order valence-corrected chi connectivity index (χ4v) is 2.21. The molecule has 0 aromatic heterocycles. The molecule has 0 saturated carbocycles. The number of hydrogen-bond acceptors (Lipinski definition) is 3. The van der Waals surface area contributed by atoms with Crippen molar-refractivity contribution in [1.82, 2.24) is 10.2 Å². The Morgan fingerprint density at radius 1 is 1.25 bits per heavy atom. The van der Waals surface area contributed by atoms with Crippen molar-refractivity contribution >= 4 is 0 Å². The maximum atomic E-state index is 5.09. The first-order valence-electron chi connectivity index (χ1n) is 7.58. The molecular formula is C17H30N2O. The highest BCUT2D eigenvalue weighted by atomic mass is 16.5. The molecule has 1 N–H and O–H groups in total. The number of benzene rings is 1. The van der Waals surface area contributed by atoms with Crippen LogP contribution in [0.15, 0.2) is 24.3 Å². The second-order valence-electron chi connectivity index (χ2n) is 5.93. The van der Waals surface area contributed by atoms with Crippen LogP contribution in [0.4, 0.5) is 0 Å². The number of ether oxygens (including phenoxy) is 1. The molecule has 0 fully saturated rings. The molecule has 0 saturated heterocycles. The number of rotatable bonds is 10. The monoisotopic (exact) mass is 278 g/mol. The van der Waals surface area contributed by atoms with E-state index in [1.165, 1.54) is 11.1 Å². The summed E-state index contributed by atoms with van der Waals surface area (Å²) in [4.78, 5) is 2.35. The van der Waals surface area contributed by atoms with Gasteiger partial charge >= 0.3 is 0 Å². The van der Waals surface area contributed by atoms with Crippen LogP contribution in [0.25, 0.3) is 0 Å². The Morgan fingerprint density at radius 2 is 2.00 bits per heavy atom. The second kappa shape index (κ2) is 9.92. The van der Waals surface area contributed by atoms with Gasteiger partial charge in [-0.25, -0.2) is 0 Å². The van der Waals surface area contributed by atoms with E-state index in [0.29, 0.717) is 5.92 Å². The molecule has 1 aromatic carbocycles. The molecular weight excluding hydrogens is 248 g/mol. The molecule has 0 radical (unpaired) electrons. The molecule has 1 rings (SSSR count). The Balaban J connectivity index is 2.38. The molecule has 0 atom stereocenters. The zero-order valence-corrected chi connectivity index (χ0v) is 13.5. The third-order valence-corrected chi connectivity index (χ3v) is 3.21. The van der Waals surface area contributed by atoms with E-state index in [9.17, 15) is 0 Å². The fraction of sp³-hybridized carbons (Fsp3) is 0.647. The molecule has 1 aromatic rings. The highest BCUT2D eigenvalue weighted by Gasteiger charge is 2.02. The maximum absolute atomic E-state index is 5.09. The summed E-state index contributed by atoms with van der Waals surface area (Å²) in [5.74, 6) is 0.699. The molecule has 0 aliphatic heterocycles. The van der Waals surface area contributed by atoms with Crippen LogP contribution in [0, 0.1) is 5.92 Å². The van der Waals surface area contributed by atoms with Crippen LogP contribution in [0.1, 0.15) is 31.4 Å². The van der Waals surface area contributed by atoms with E-state index in [1.807, 2.05) is 0 Å². The number of nitrogens with zero attached hydrogens (tertiary/aromatic N) is 1. The van der Waals surface area contributed by atoms with Gasteiger partial charge in [0.25, 0.3) is 0 Å². The van der Waals surface area contributed by atoms with E-state index in [1.54, 1.807) is 7.11 Å². The van der Waals surface area contributed by atoms with E-state index < -0.39 is 0 Å². The van der Waals surface area contributed by atoms with Gasteiger partial charge in [0.15, 0.2) is 0 Å². The minimum Gasteiger partial charge on any atom is -0.385 e. The molecule has 3 nitrogen and oxygen atoms in total. The minimum absolute atomic E-state index is 0.699. The van der Waals surface area contributed by atoms with Crippen molar-refractivity contribution in [2.45, 2.75) is 33.4 Å². The molecule has 0 bridgehead atoms. The Hall–Kier alpha value is -0.900. The largest absolute Gasteiger partial charge is 0.385 e. The maximum Gasteiger partial charge on any atom is 0.0474 e. The summed E-state index contributed by atoms with van der Waals surface area (Å²) in [6, 6.07) is 8.87. The normalized spacial score (nSPS) is 11.5. The van der Waals surface area contributed by atoms with Gasteiger partial charge in [-0.1, -0.05) is 38.1 Å². The summed E-state index contributed by atoms with van der Waals surface area (Å²) in [5, 5.41) is 3.49. The lowest BCUT2D eigenvalue weighted by molar-refractivity contribution is 0.178. The van der Waals surface area contributed by atoms with Crippen LogP contribution < -0.4 is 5.32 Å². The summed E-state index contributed by atoms with van der Waals surface area (Å²) in [6.07, 6.45) is 1.09. The van der Waals surface area contributed by atoms with Crippen molar-refractivity contribution in [2.75, 3.05) is 33.9 Å². The van der Waals surface area contributed by atoms with Crippen LogP contribution >= 0.6 is 0 Å². The molecule has 0 aliphatic carbocycles. The summed E-state index contributed by atoms with van der Waals surface area (Å²) in [5.41, 5.74) is 2.75. The third kappa shape index (κ3) is 7.63. The van der Waals surface area contributed by atoms with Crippen molar-refractivity contribution in [3.05, 3.63) is 35.4 Å². The first-order chi connectivity index (χ1) is 9.61. The lowest BCUT2D eigenvalue weighted by Crippen LogP contribution is -2.21. The first-order valence-corrected chi connectivity index (χ1v) is 7.58. The van der Waals surface area contributed by atoms with Gasteiger partial charge in [-0.3, -0.25) is 0 Å². The summed E-state index contributed by atoms with van der Waals surface area (Å²) in [7, 11) is 3.92. The number of hydrogen-bond donors (Lipinski definition) is 1. The minimum atomic E-state index is 0.699. The molecule has 0 amide bonds. The van der Waals surface area contributed by atoms with E-state index >= 15 is 0 Å². The molecule has 0 heterocycles. The zero-order chi connectivity index (χ0) is 14.8. The van der Waals surface area contributed by atoms with Gasteiger partial charge in [-0.2, -0.15) is 0 Å². The average molecular weight is 278 g/mol. The van der Waals surface area contributed by atoms with Crippen LogP contribution in [0.3, 0.4) is 0 Å². The van der Waals surface area contributed by atoms with Crippen LogP contribution in [0.2, 0.25) is 0 Å². The van der Waals surface area contributed by atoms with E-state index in [0.717, 1.165) is 39.2 Å². The molecule has 0 aliphatic rings. The highest BCUT2D eigenvalue weighted by Crippen LogP contribution is 2.08. The number of methoxy groups -OCH3 is 1. The van der Waals surface area contributed by atoms with Crippen molar-refractivity contribution in [2.24, 2.45) is 5.92 Å². The zero-order valence-electron chi connectivity index (χ0n) is 13.5. The van der Waals surface area contributed by atoms with Crippen molar-refractivity contribution in [3.8, 4) is 0 Å². The van der Waals surface area contributed by atoms with Gasteiger partial charge in [0.05, 0.1) is 0 Å². The smallest absolute Gasteiger partial charge is 0.0474 e. The van der Waals surface area contributed by atoms with Crippen molar-refractivity contribution in [1.29, 1.82) is 0 Å². The quantitative estimate of drug-likeness (QED) is 0.666. The summed E-state index contributed by atoms with van der Waals surface area (Å²) >= 11 is 0. The van der Waals surface area contributed by atoms with Gasteiger partial charge in [0, 0.05) is 33.4 Å². The average Bonchev–Trinajstić information content (AvgIpc) is 2.39. The molecule has 0 spiro atoms. The Kier molecular flexibility index (Phi) is 8.51. The van der Waals surface area contributed by atoms with Gasteiger partial charge in [-0.15, -0.1) is 0 Å². The predicted molar refractivity (Wildman–Crippen MR) is 85.8 cm³/mol. The Bertz CT molecular complexity index is 366. The highest BCUT2D eigenvalue weighted by molar-refractivity contribution is 5.23. The lowest BCUT2D eigenvalue weighted by atomic mass is 10.1. The Labute approximate surface area is 124 Å². The molecule has 20 heavy (non-hydrogen) atoms. The standard InChI is InChI=1S/C17H30N2O/c1-15(2)12-18-13-16-7-5-8-17(11-16)14-19(3)9-6-10-20-4/h5,7-8,11,15,18H,6,9-10,12-14H2,1-4H3. The molecule has 0 unspecified atom stereocenters. The van der Waals surface area contributed by atoms with E-state index in [4.69, 9.17) is 4.74 Å². The number of nitrogens with one attached hydrogen (secondary N) is 1. The lowest BCUT2D eigenvalue weighted by Gasteiger charge is -2.17. The third-order valence-electron chi connectivity index (χ3n) is 3.21. The van der Waals surface area contributed by atoms with Crippen molar-refractivity contribution in [3.63, 3.8) is 0 Å². The SMILES string of the molecule is COCCCN(C)Cc1cccc(CNCC(C)C)c1. The first kappa shape index (κ1) is 17.2. The van der Waals surface area contributed by atoms with Gasteiger partial charge in [0.1, 0.15) is 0 Å². The van der Waals surface area contributed by atoms with Gasteiger partial charge < -0.3 is 15.0 Å². The summed E-state index contributed by atoms with van der Waals surface area (Å²) < 4.78 is 5.09. The molecule has 114 valence electrons. The molecule has 3 heteroatoms. The van der Waals surface area contributed by atoms with Gasteiger partial charge in [0.2, 0.25) is 0 Å². The van der Waals surface area contributed by atoms with Gasteiger partial charge in [-0.05, 0) is 37.1 Å². The van der Waals surface area contributed by atoms with Crippen LogP contribution in [-0.2, 0) is 17.8 Å². The topological polar surface area (TPSA) is 24.5 Å². The van der Waals surface area contributed by atoms with E-state index in [-0.39, 0.29) is 0 Å².